The number of hydrogen-bond acceptors (Lipinski definition) is 2. The normalized spacial score (nSPS) is 19.2. The minimum Gasteiger partial charge on any atom is -0.480 e. The largest absolute Gasteiger partial charge is 0.480 e. The summed E-state index contributed by atoms with van der Waals surface area (Å²) in [6, 6.07) is 7.28. The Morgan fingerprint density at radius 1 is 1.15 bits per heavy atom. The maximum absolute atomic E-state index is 13.3. The van der Waals surface area contributed by atoms with E-state index in [0.717, 1.165) is 12.1 Å². The highest BCUT2D eigenvalue weighted by molar-refractivity contribution is 6.31. The lowest BCUT2D eigenvalue weighted by Crippen LogP contribution is -2.39. The van der Waals surface area contributed by atoms with Gasteiger partial charge in [-0.05, 0) is 48.2 Å². The van der Waals surface area contributed by atoms with Gasteiger partial charge in [0.1, 0.15) is 11.9 Å². The van der Waals surface area contributed by atoms with Gasteiger partial charge in [0.25, 0.3) is 0 Å². The monoisotopic (exact) mass is 401 g/mol. The maximum atomic E-state index is 13.3. The molecule has 1 N–H and O–H groups in total. The Balaban J connectivity index is 2.13. The molecule has 0 spiro atoms. The van der Waals surface area contributed by atoms with Crippen LogP contribution in [-0.2, 0) is 11.0 Å². The van der Waals surface area contributed by atoms with E-state index in [2.05, 4.69) is 0 Å². The molecule has 144 valence electrons. The molecular formula is C19H16ClF4NO2. The molecule has 1 aliphatic rings. The first-order valence-corrected chi connectivity index (χ1v) is 8.67. The Bertz CT molecular complexity index is 839. The van der Waals surface area contributed by atoms with Gasteiger partial charge in [-0.2, -0.15) is 13.2 Å². The van der Waals surface area contributed by atoms with Crippen LogP contribution in [0.1, 0.15) is 35.6 Å². The zero-order valence-electron chi connectivity index (χ0n) is 14.0. The highest BCUT2D eigenvalue weighted by Crippen LogP contribution is 2.40. The molecule has 0 amide bonds. The van der Waals surface area contributed by atoms with Crippen molar-refractivity contribution in [3.8, 4) is 0 Å². The van der Waals surface area contributed by atoms with Gasteiger partial charge in [0.05, 0.1) is 16.6 Å². The van der Waals surface area contributed by atoms with Crippen LogP contribution in [-0.4, -0.2) is 28.6 Å². The number of carboxylic acid groups (broad SMARTS) is 1. The Hall–Kier alpha value is -2.12. The lowest BCUT2D eigenvalue weighted by Gasteiger charge is -2.32. The van der Waals surface area contributed by atoms with E-state index in [9.17, 15) is 27.5 Å². The van der Waals surface area contributed by atoms with Crippen LogP contribution >= 0.6 is 11.6 Å². The van der Waals surface area contributed by atoms with E-state index < -0.39 is 40.6 Å². The molecule has 2 aromatic rings. The summed E-state index contributed by atoms with van der Waals surface area (Å²) in [4.78, 5) is 13.2. The van der Waals surface area contributed by atoms with Crippen LogP contribution in [0.5, 0.6) is 0 Å². The first-order valence-electron chi connectivity index (χ1n) is 8.29. The highest BCUT2D eigenvalue weighted by Gasteiger charge is 2.39. The average Bonchev–Trinajstić information content (AvgIpc) is 3.07. The number of rotatable bonds is 4. The molecule has 1 saturated heterocycles. The summed E-state index contributed by atoms with van der Waals surface area (Å²) in [7, 11) is 0. The van der Waals surface area contributed by atoms with E-state index in [4.69, 9.17) is 11.6 Å². The van der Waals surface area contributed by atoms with Crippen molar-refractivity contribution >= 4 is 17.6 Å². The summed E-state index contributed by atoms with van der Waals surface area (Å²) in [5, 5.41) is 9.07. The third-order valence-electron chi connectivity index (χ3n) is 4.71. The topological polar surface area (TPSA) is 40.5 Å². The van der Waals surface area contributed by atoms with E-state index in [1.54, 1.807) is 4.90 Å². The van der Waals surface area contributed by atoms with Crippen LogP contribution in [0.2, 0.25) is 5.02 Å². The predicted octanol–water partition coefficient (Wildman–Crippen LogP) is 5.14. The fourth-order valence-corrected chi connectivity index (χ4v) is 3.74. The highest BCUT2D eigenvalue weighted by atomic mass is 35.5. The zero-order valence-corrected chi connectivity index (χ0v) is 14.8. The Kier molecular flexibility index (Phi) is 5.44. The molecule has 0 saturated carbocycles. The predicted molar refractivity (Wildman–Crippen MR) is 92.1 cm³/mol. The van der Waals surface area contributed by atoms with Crippen molar-refractivity contribution in [3.05, 3.63) is 70.0 Å². The summed E-state index contributed by atoms with van der Waals surface area (Å²) in [6.45, 7) is 0.406. The van der Waals surface area contributed by atoms with Crippen molar-refractivity contribution in [1.82, 2.24) is 4.90 Å². The van der Waals surface area contributed by atoms with Crippen LogP contribution in [0.4, 0.5) is 17.6 Å². The lowest BCUT2D eigenvalue weighted by molar-refractivity contribution is -0.143. The third-order valence-corrected chi connectivity index (χ3v) is 5.04. The Labute approximate surface area is 158 Å². The van der Waals surface area contributed by atoms with E-state index in [-0.39, 0.29) is 5.56 Å². The van der Waals surface area contributed by atoms with Gasteiger partial charge in [-0.3, -0.25) is 9.69 Å². The fourth-order valence-electron chi connectivity index (χ4n) is 3.51. The molecule has 0 aromatic heterocycles. The molecule has 0 aliphatic carbocycles. The molecule has 3 nitrogen and oxygen atoms in total. The fraction of sp³-hybridized carbons (Fsp3) is 0.316. The van der Waals surface area contributed by atoms with Crippen LogP contribution in [0, 0.1) is 5.82 Å². The van der Waals surface area contributed by atoms with Crippen LogP contribution in [0.25, 0.3) is 0 Å². The number of halogens is 5. The van der Waals surface area contributed by atoms with Crippen molar-refractivity contribution in [2.45, 2.75) is 31.1 Å². The van der Waals surface area contributed by atoms with Crippen molar-refractivity contribution in [2.24, 2.45) is 0 Å². The standard InChI is InChI=1S/C19H16ClF4NO2/c20-15-8-5-12(10-14(15)19(22,23)24)17(11-3-6-13(21)7-4-11)25-9-1-2-16(25)18(26)27/h3-8,10,16-17H,1-2,9H2,(H,26,27). The van der Waals surface area contributed by atoms with E-state index >= 15 is 0 Å². The molecule has 1 heterocycles. The number of nitrogens with zero attached hydrogens (tertiary/aromatic N) is 1. The number of alkyl halides is 3. The van der Waals surface area contributed by atoms with E-state index in [0.29, 0.717) is 24.9 Å². The minimum atomic E-state index is -4.64. The average molecular weight is 402 g/mol. The first kappa shape index (κ1) is 19.6. The quantitative estimate of drug-likeness (QED) is 0.721. The number of benzene rings is 2. The molecule has 0 bridgehead atoms. The van der Waals surface area contributed by atoms with Gasteiger partial charge < -0.3 is 5.11 Å². The number of carboxylic acids is 1. The summed E-state index contributed by atoms with van der Waals surface area (Å²) >= 11 is 5.71. The maximum Gasteiger partial charge on any atom is 0.417 e. The number of aliphatic carboxylic acids is 1. The van der Waals surface area contributed by atoms with E-state index in [1.165, 1.54) is 30.3 Å². The molecule has 1 fully saturated rings. The van der Waals surface area contributed by atoms with Crippen LogP contribution in [0.15, 0.2) is 42.5 Å². The molecule has 2 unspecified atom stereocenters. The van der Waals surface area contributed by atoms with Crippen molar-refractivity contribution in [3.63, 3.8) is 0 Å². The van der Waals surface area contributed by atoms with Gasteiger partial charge in [-0.15, -0.1) is 0 Å². The van der Waals surface area contributed by atoms with Gasteiger partial charge in [0.2, 0.25) is 0 Å². The van der Waals surface area contributed by atoms with E-state index in [1.807, 2.05) is 0 Å². The van der Waals surface area contributed by atoms with Crippen molar-refractivity contribution in [2.75, 3.05) is 6.54 Å². The second-order valence-corrected chi connectivity index (χ2v) is 6.83. The molecule has 2 aromatic carbocycles. The molecule has 1 aliphatic heterocycles. The Morgan fingerprint density at radius 2 is 1.78 bits per heavy atom. The molecular weight excluding hydrogens is 386 g/mol. The lowest BCUT2D eigenvalue weighted by atomic mass is 9.94. The van der Waals surface area contributed by atoms with Crippen LogP contribution < -0.4 is 0 Å². The summed E-state index contributed by atoms with van der Waals surface area (Å²) in [5.41, 5.74) is -0.216. The van der Waals surface area contributed by atoms with Gasteiger partial charge in [-0.25, -0.2) is 4.39 Å². The first-order chi connectivity index (χ1) is 12.7. The van der Waals surface area contributed by atoms with Gasteiger partial charge in [0, 0.05) is 6.54 Å². The molecule has 3 rings (SSSR count). The van der Waals surface area contributed by atoms with Crippen LogP contribution in [0.3, 0.4) is 0 Å². The second-order valence-electron chi connectivity index (χ2n) is 6.43. The number of likely N-dealkylation sites (tertiary alicyclic amines) is 1. The SMILES string of the molecule is O=C(O)C1CCCN1C(c1ccc(F)cc1)c1ccc(Cl)c(C(F)(F)F)c1. The van der Waals surface area contributed by atoms with Gasteiger partial charge in [-0.1, -0.05) is 29.8 Å². The van der Waals surface area contributed by atoms with Gasteiger partial charge >= 0.3 is 12.1 Å². The summed E-state index contributed by atoms with van der Waals surface area (Å²) in [5.74, 6) is -1.52. The number of carbonyl (C=O) groups is 1. The number of hydrogen-bond donors (Lipinski definition) is 1. The molecule has 0 radical (unpaired) electrons. The zero-order chi connectivity index (χ0) is 19.8. The second kappa shape index (κ2) is 7.48. The Morgan fingerprint density at radius 3 is 2.37 bits per heavy atom. The molecule has 2 atom stereocenters. The van der Waals surface area contributed by atoms with Crippen molar-refractivity contribution in [1.29, 1.82) is 0 Å². The smallest absolute Gasteiger partial charge is 0.417 e. The molecule has 8 heteroatoms. The van der Waals surface area contributed by atoms with Gasteiger partial charge in [0.15, 0.2) is 0 Å². The summed E-state index contributed by atoms with van der Waals surface area (Å²) in [6.07, 6.45) is -3.64. The third kappa shape index (κ3) is 4.09. The van der Waals surface area contributed by atoms with Crippen molar-refractivity contribution < 1.29 is 27.5 Å². The summed E-state index contributed by atoms with van der Waals surface area (Å²) < 4.78 is 53.2. The molecule has 27 heavy (non-hydrogen) atoms. The minimum absolute atomic E-state index is 0.256.